The number of nitrogens with one attached hydrogen (secondary N) is 1. The lowest BCUT2D eigenvalue weighted by Gasteiger charge is -2.15. The molecule has 5 heteroatoms. The lowest BCUT2D eigenvalue weighted by atomic mass is 10.1. The molecule has 0 saturated carbocycles. The van der Waals surface area contributed by atoms with Gasteiger partial charge in [0.1, 0.15) is 0 Å². The first-order valence-corrected chi connectivity index (χ1v) is 5.50. The highest BCUT2D eigenvalue weighted by atomic mass is 35.5. The van der Waals surface area contributed by atoms with Gasteiger partial charge in [-0.25, -0.2) is 0 Å². The molecule has 0 saturated heterocycles. The largest absolute Gasteiger partial charge is 0.409 e. The van der Waals surface area contributed by atoms with E-state index in [2.05, 4.69) is 10.5 Å². The van der Waals surface area contributed by atoms with Crippen LogP contribution in [0.4, 0.5) is 0 Å². The molecule has 1 rings (SSSR count). The van der Waals surface area contributed by atoms with E-state index in [0.717, 1.165) is 12.0 Å². The highest BCUT2D eigenvalue weighted by molar-refractivity contribution is 6.30. The molecule has 0 spiro atoms. The summed E-state index contributed by atoms with van der Waals surface area (Å²) >= 11 is 5.87. The van der Waals surface area contributed by atoms with Gasteiger partial charge in [0.15, 0.2) is 5.84 Å². The molecule has 0 aliphatic rings. The molecule has 16 heavy (non-hydrogen) atoms. The molecule has 0 aliphatic carbocycles. The summed E-state index contributed by atoms with van der Waals surface area (Å²) in [6, 6.07) is 7.45. The summed E-state index contributed by atoms with van der Waals surface area (Å²) in [7, 11) is 0. The zero-order chi connectivity index (χ0) is 12.0. The van der Waals surface area contributed by atoms with E-state index in [1.807, 2.05) is 31.2 Å². The van der Waals surface area contributed by atoms with Crippen molar-refractivity contribution in [2.75, 3.05) is 0 Å². The molecule has 0 aromatic heterocycles. The van der Waals surface area contributed by atoms with Crippen LogP contribution in [0.2, 0.25) is 5.02 Å². The van der Waals surface area contributed by atoms with Gasteiger partial charge in [-0.05, 0) is 24.1 Å². The third kappa shape index (κ3) is 3.72. The van der Waals surface area contributed by atoms with Gasteiger partial charge in [0.25, 0.3) is 0 Å². The number of halogens is 1. The van der Waals surface area contributed by atoms with Gasteiger partial charge in [0.2, 0.25) is 0 Å². The Labute approximate surface area is 100 Å². The van der Waals surface area contributed by atoms with Crippen molar-refractivity contribution < 1.29 is 5.21 Å². The topological polar surface area (TPSA) is 70.6 Å². The fourth-order valence-electron chi connectivity index (χ4n) is 1.42. The van der Waals surface area contributed by atoms with Gasteiger partial charge in [0.05, 0.1) is 6.04 Å². The second-order valence-electron chi connectivity index (χ2n) is 3.50. The summed E-state index contributed by atoms with van der Waals surface area (Å²) in [5.41, 5.74) is 6.60. The molecule has 0 heterocycles. The van der Waals surface area contributed by atoms with Crippen LogP contribution in [0.5, 0.6) is 0 Å². The van der Waals surface area contributed by atoms with Gasteiger partial charge in [-0.1, -0.05) is 35.8 Å². The van der Waals surface area contributed by atoms with Crippen molar-refractivity contribution in [2.24, 2.45) is 10.9 Å². The van der Waals surface area contributed by atoms with Gasteiger partial charge < -0.3 is 16.3 Å². The van der Waals surface area contributed by atoms with Crippen molar-refractivity contribution >= 4 is 17.4 Å². The van der Waals surface area contributed by atoms with Gasteiger partial charge in [-0.15, -0.1) is 0 Å². The molecule has 0 fully saturated rings. The number of nitrogens with two attached hydrogens (primary N) is 1. The lowest BCUT2D eigenvalue weighted by molar-refractivity contribution is 0.314. The minimum atomic E-state index is -0.121. The maximum absolute atomic E-state index is 8.58. The number of nitrogens with zero attached hydrogens (tertiary/aromatic N) is 1. The fourth-order valence-corrected chi connectivity index (χ4v) is 1.63. The Morgan fingerprint density at radius 3 is 2.94 bits per heavy atom. The number of benzene rings is 1. The maximum Gasteiger partial charge on any atom is 0.156 e. The molecule has 1 atom stereocenters. The number of amidine groups is 1. The van der Waals surface area contributed by atoms with Crippen LogP contribution in [-0.4, -0.2) is 17.1 Å². The van der Waals surface area contributed by atoms with Crippen molar-refractivity contribution in [3.8, 4) is 0 Å². The normalized spacial score (nSPS) is 13.8. The van der Waals surface area contributed by atoms with Gasteiger partial charge in [-0.3, -0.25) is 0 Å². The first-order chi connectivity index (χ1) is 7.67. The standard InChI is InChI=1S/C11H16ClN3O/c1-2-10(11(13)15-16)14-7-8-4-3-5-9(12)6-8/h3-6,10,14,16H,2,7H2,1H3,(H2,13,15). The van der Waals surface area contributed by atoms with Crippen molar-refractivity contribution in [1.29, 1.82) is 0 Å². The van der Waals surface area contributed by atoms with Gasteiger partial charge >= 0.3 is 0 Å². The summed E-state index contributed by atoms with van der Waals surface area (Å²) in [5.74, 6) is 0.199. The van der Waals surface area contributed by atoms with E-state index in [1.165, 1.54) is 0 Å². The summed E-state index contributed by atoms with van der Waals surface area (Å²) in [4.78, 5) is 0. The van der Waals surface area contributed by atoms with E-state index in [4.69, 9.17) is 22.5 Å². The van der Waals surface area contributed by atoms with E-state index < -0.39 is 0 Å². The predicted octanol–water partition coefficient (Wildman–Crippen LogP) is 1.95. The number of oxime groups is 1. The Morgan fingerprint density at radius 2 is 2.38 bits per heavy atom. The molecule has 1 aromatic rings. The molecule has 1 unspecified atom stereocenters. The van der Waals surface area contributed by atoms with Crippen LogP contribution in [0.25, 0.3) is 0 Å². The number of hydrogen-bond donors (Lipinski definition) is 3. The Hall–Kier alpha value is -1.26. The minimum absolute atomic E-state index is 0.121. The molecule has 1 aromatic carbocycles. The molecular weight excluding hydrogens is 226 g/mol. The molecule has 0 radical (unpaired) electrons. The smallest absolute Gasteiger partial charge is 0.156 e. The van der Waals surface area contributed by atoms with E-state index >= 15 is 0 Å². The summed E-state index contributed by atoms with van der Waals surface area (Å²) < 4.78 is 0. The zero-order valence-corrected chi connectivity index (χ0v) is 9.91. The number of rotatable bonds is 5. The quantitative estimate of drug-likeness (QED) is 0.319. The first kappa shape index (κ1) is 12.8. The van der Waals surface area contributed by atoms with Crippen molar-refractivity contribution in [2.45, 2.75) is 25.9 Å². The lowest BCUT2D eigenvalue weighted by Crippen LogP contribution is -2.40. The summed E-state index contributed by atoms with van der Waals surface area (Å²) in [6.07, 6.45) is 0.760. The number of hydrogen-bond acceptors (Lipinski definition) is 3. The SMILES string of the molecule is CCC(NCc1cccc(Cl)c1)C(N)=NO. The van der Waals surface area contributed by atoms with Crippen LogP contribution in [0, 0.1) is 0 Å². The second-order valence-corrected chi connectivity index (χ2v) is 3.93. The van der Waals surface area contributed by atoms with Crippen molar-refractivity contribution in [1.82, 2.24) is 5.32 Å². The maximum atomic E-state index is 8.58. The van der Waals surface area contributed by atoms with Crippen LogP contribution in [0.3, 0.4) is 0 Å². The Kier molecular flexibility index (Phi) is 5.08. The van der Waals surface area contributed by atoms with E-state index in [-0.39, 0.29) is 11.9 Å². The molecule has 4 nitrogen and oxygen atoms in total. The predicted molar refractivity (Wildman–Crippen MR) is 65.8 cm³/mol. The summed E-state index contributed by atoms with van der Waals surface area (Å²) in [5, 5.41) is 15.5. The fraction of sp³-hybridized carbons (Fsp3) is 0.364. The Bertz CT molecular complexity index is 368. The Morgan fingerprint density at radius 1 is 1.62 bits per heavy atom. The zero-order valence-electron chi connectivity index (χ0n) is 9.15. The van der Waals surface area contributed by atoms with Crippen LogP contribution in [0.15, 0.2) is 29.4 Å². The molecule has 0 bridgehead atoms. The molecular formula is C11H16ClN3O. The van der Waals surface area contributed by atoms with Crippen molar-refractivity contribution in [3.63, 3.8) is 0 Å². The molecule has 88 valence electrons. The second kappa shape index (κ2) is 6.35. The molecule has 0 aliphatic heterocycles. The van der Waals surface area contributed by atoms with Crippen molar-refractivity contribution in [3.05, 3.63) is 34.9 Å². The highest BCUT2D eigenvalue weighted by Crippen LogP contribution is 2.10. The van der Waals surface area contributed by atoms with Gasteiger partial charge in [-0.2, -0.15) is 0 Å². The van der Waals surface area contributed by atoms with E-state index in [9.17, 15) is 0 Å². The van der Waals surface area contributed by atoms with Crippen LogP contribution in [-0.2, 0) is 6.54 Å². The van der Waals surface area contributed by atoms with Crippen LogP contribution >= 0.6 is 11.6 Å². The molecule has 0 amide bonds. The average Bonchev–Trinajstić information content (AvgIpc) is 2.29. The first-order valence-electron chi connectivity index (χ1n) is 5.12. The van der Waals surface area contributed by atoms with Crippen LogP contribution in [0.1, 0.15) is 18.9 Å². The van der Waals surface area contributed by atoms with E-state index in [0.29, 0.717) is 11.6 Å². The third-order valence-electron chi connectivity index (χ3n) is 2.32. The minimum Gasteiger partial charge on any atom is -0.409 e. The van der Waals surface area contributed by atoms with Gasteiger partial charge in [0, 0.05) is 11.6 Å². The van der Waals surface area contributed by atoms with Crippen LogP contribution < -0.4 is 11.1 Å². The third-order valence-corrected chi connectivity index (χ3v) is 2.56. The van der Waals surface area contributed by atoms with E-state index in [1.54, 1.807) is 0 Å². The Balaban J connectivity index is 2.56. The average molecular weight is 242 g/mol. The monoisotopic (exact) mass is 241 g/mol. The summed E-state index contributed by atoms with van der Waals surface area (Å²) in [6.45, 7) is 2.60. The molecule has 4 N–H and O–H groups in total. The highest BCUT2D eigenvalue weighted by Gasteiger charge is 2.10.